The molecule has 2 N–H and O–H groups in total. The van der Waals surface area contributed by atoms with E-state index in [1.54, 1.807) is 24.3 Å². The van der Waals surface area contributed by atoms with Gasteiger partial charge in [-0.2, -0.15) is 5.26 Å². The molecule has 0 spiro atoms. The highest BCUT2D eigenvalue weighted by molar-refractivity contribution is 5.67. The maximum absolute atomic E-state index is 14.3. The largest absolute Gasteiger partial charge is 0.507 e. The van der Waals surface area contributed by atoms with Gasteiger partial charge in [-0.25, -0.2) is 4.39 Å². The number of nitriles is 1. The molecular formula is C19H21FN4O2. The Hall–Kier alpha value is -2.72. The topological polar surface area (TPSA) is 91.1 Å². The summed E-state index contributed by atoms with van der Waals surface area (Å²) in [5, 5.41) is 30.1. The van der Waals surface area contributed by atoms with E-state index in [-0.39, 0.29) is 17.7 Å². The number of alkyl halides is 1. The van der Waals surface area contributed by atoms with Crippen molar-refractivity contribution in [1.82, 2.24) is 15.5 Å². The highest BCUT2D eigenvalue weighted by Gasteiger charge is 2.29. The number of ether oxygens (including phenoxy) is 1. The first kappa shape index (κ1) is 18.1. The Kier molecular flexibility index (Phi) is 5.64. The van der Waals surface area contributed by atoms with E-state index in [1.165, 1.54) is 6.07 Å². The number of aromatic hydroxyl groups is 1. The van der Waals surface area contributed by atoms with Crippen LogP contribution in [0.4, 0.5) is 4.39 Å². The highest BCUT2D eigenvalue weighted by Crippen LogP contribution is 2.29. The first-order valence-electron chi connectivity index (χ1n) is 8.66. The Balaban J connectivity index is 1.74. The molecule has 26 heavy (non-hydrogen) atoms. The number of hydrogen-bond acceptors (Lipinski definition) is 6. The molecular weight excluding hydrogens is 335 g/mol. The monoisotopic (exact) mass is 356 g/mol. The summed E-state index contributed by atoms with van der Waals surface area (Å²) in [6, 6.07) is 10.0. The lowest BCUT2D eigenvalue weighted by atomic mass is 10.1. The molecule has 3 rings (SSSR count). The van der Waals surface area contributed by atoms with Gasteiger partial charge in [0.15, 0.2) is 0 Å². The van der Waals surface area contributed by atoms with Crippen LogP contribution >= 0.6 is 0 Å². The van der Waals surface area contributed by atoms with Gasteiger partial charge < -0.3 is 15.2 Å². The molecule has 1 aromatic carbocycles. The standard InChI is InChI=1S/C19H21FN4O2/c1-22-13-3-2-4-15(20)18(10-13)26-19-8-7-16(23-24-19)14-6-5-12(11-21)9-17(14)25/h5-9,13,15,18,22,25H,2-4,10H2,1H3/t13?,15?,18-/m0/s1. The molecule has 6 nitrogen and oxygen atoms in total. The number of nitrogens with one attached hydrogen (secondary N) is 1. The number of phenols is 1. The summed E-state index contributed by atoms with van der Waals surface area (Å²) in [6.45, 7) is 0. The van der Waals surface area contributed by atoms with Crippen LogP contribution in [0.1, 0.15) is 31.2 Å². The van der Waals surface area contributed by atoms with Crippen LogP contribution < -0.4 is 10.1 Å². The molecule has 1 aromatic heterocycles. The van der Waals surface area contributed by atoms with Crippen LogP contribution in [0.25, 0.3) is 11.3 Å². The summed E-state index contributed by atoms with van der Waals surface area (Å²) in [5.41, 5.74) is 1.28. The first-order valence-corrected chi connectivity index (χ1v) is 8.66. The number of nitrogens with zero attached hydrogens (tertiary/aromatic N) is 3. The molecule has 0 saturated heterocycles. The minimum atomic E-state index is -1.03. The fourth-order valence-corrected chi connectivity index (χ4v) is 3.17. The van der Waals surface area contributed by atoms with E-state index in [0.29, 0.717) is 29.7 Å². The van der Waals surface area contributed by atoms with Crippen molar-refractivity contribution in [2.75, 3.05) is 7.05 Å². The number of halogens is 1. The Morgan fingerprint density at radius 3 is 2.77 bits per heavy atom. The zero-order chi connectivity index (χ0) is 18.5. The van der Waals surface area contributed by atoms with Gasteiger partial charge in [-0.3, -0.25) is 0 Å². The maximum atomic E-state index is 14.3. The molecule has 0 aliphatic heterocycles. The van der Waals surface area contributed by atoms with Crippen LogP contribution in [0.2, 0.25) is 0 Å². The third-order valence-corrected chi connectivity index (χ3v) is 4.68. The molecule has 1 aliphatic carbocycles. The smallest absolute Gasteiger partial charge is 0.233 e. The van der Waals surface area contributed by atoms with E-state index in [4.69, 9.17) is 10.00 Å². The summed E-state index contributed by atoms with van der Waals surface area (Å²) < 4.78 is 20.1. The predicted molar refractivity (Wildman–Crippen MR) is 94.5 cm³/mol. The predicted octanol–water partition coefficient (Wildman–Crippen LogP) is 2.97. The van der Waals surface area contributed by atoms with Gasteiger partial charge in [0.1, 0.15) is 18.0 Å². The van der Waals surface area contributed by atoms with Crippen molar-refractivity contribution in [3.63, 3.8) is 0 Å². The molecule has 1 saturated carbocycles. The fraction of sp³-hybridized carbons (Fsp3) is 0.421. The maximum Gasteiger partial charge on any atom is 0.233 e. The van der Waals surface area contributed by atoms with Gasteiger partial charge in [0.2, 0.25) is 5.88 Å². The second-order valence-corrected chi connectivity index (χ2v) is 6.43. The second kappa shape index (κ2) is 8.11. The van der Waals surface area contributed by atoms with E-state index in [0.717, 1.165) is 12.8 Å². The van der Waals surface area contributed by atoms with Crippen LogP contribution in [0.5, 0.6) is 11.6 Å². The average molecular weight is 356 g/mol. The Morgan fingerprint density at radius 1 is 1.27 bits per heavy atom. The van der Waals surface area contributed by atoms with Crippen LogP contribution in [0, 0.1) is 11.3 Å². The van der Waals surface area contributed by atoms with Gasteiger partial charge in [-0.15, -0.1) is 10.2 Å². The molecule has 1 heterocycles. The summed E-state index contributed by atoms with van der Waals surface area (Å²) in [6.07, 6.45) is 1.23. The summed E-state index contributed by atoms with van der Waals surface area (Å²) >= 11 is 0. The van der Waals surface area contributed by atoms with Gasteiger partial charge in [-0.05, 0) is 50.6 Å². The van der Waals surface area contributed by atoms with Crippen LogP contribution in [0.15, 0.2) is 30.3 Å². The Morgan fingerprint density at radius 2 is 2.12 bits per heavy atom. The van der Waals surface area contributed by atoms with Crippen molar-refractivity contribution >= 4 is 0 Å². The normalized spacial score (nSPS) is 23.0. The van der Waals surface area contributed by atoms with Crippen LogP contribution in [-0.2, 0) is 0 Å². The Labute approximate surface area is 151 Å². The zero-order valence-electron chi connectivity index (χ0n) is 14.5. The number of benzene rings is 1. The molecule has 0 radical (unpaired) electrons. The molecule has 136 valence electrons. The van der Waals surface area contributed by atoms with E-state index in [9.17, 15) is 9.50 Å². The lowest BCUT2D eigenvalue weighted by Crippen LogP contribution is -2.35. The molecule has 7 heteroatoms. The van der Waals surface area contributed by atoms with Gasteiger partial charge in [0.25, 0.3) is 0 Å². The third-order valence-electron chi connectivity index (χ3n) is 4.68. The van der Waals surface area contributed by atoms with Crippen molar-refractivity contribution in [3.05, 3.63) is 35.9 Å². The summed E-state index contributed by atoms with van der Waals surface area (Å²) in [4.78, 5) is 0. The quantitative estimate of drug-likeness (QED) is 0.819. The molecule has 0 bridgehead atoms. The van der Waals surface area contributed by atoms with Crippen molar-refractivity contribution < 1.29 is 14.2 Å². The number of hydrogen-bond donors (Lipinski definition) is 2. The van der Waals surface area contributed by atoms with Gasteiger partial charge >= 0.3 is 0 Å². The van der Waals surface area contributed by atoms with E-state index in [1.807, 2.05) is 13.1 Å². The van der Waals surface area contributed by atoms with E-state index < -0.39 is 12.3 Å². The third kappa shape index (κ3) is 4.09. The van der Waals surface area contributed by atoms with Crippen molar-refractivity contribution in [2.45, 2.75) is 44.0 Å². The zero-order valence-corrected chi connectivity index (χ0v) is 14.5. The number of phenolic OH excluding ortho intramolecular Hbond substituents is 1. The molecule has 2 unspecified atom stereocenters. The van der Waals surface area contributed by atoms with Gasteiger partial charge in [0, 0.05) is 24.1 Å². The van der Waals surface area contributed by atoms with Crippen molar-refractivity contribution in [2.24, 2.45) is 0 Å². The minimum absolute atomic E-state index is 0.0449. The molecule has 0 amide bonds. The van der Waals surface area contributed by atoms with Crippen molar-refractivity contribution in [3.8, 4) is 29.0 Å². The van der Waals surface area contributed by atoms with Crippen LogP contribution in [-0.4, -0.2) is 40.7 Å². The van der Waals surface area contributed by atoms with Crippen LogP contribution in [0.3, 0.4) is 0 Å². The number of aromatic nitrogens is 2. The minimum Gasteiger partial charge on any atom is -0.507 e. The average Bonchev–Trinajstić information content (AvgIpc) is 2.84. The molecule has 1 fully saturated rings. The highest BCUT2D eigenvalue weighted by atomic mass is 19.1. The van der Waals surface area contributed by atoms with E-state index in [2.05, 4.69) is 15.5 Å². The van der Waals surface area contributed by atoms with Gasteiger partial charge in [0.05, 0.1) is 17.3 Å². The molecule has 2 aromatic rings. The fourth-order valence-electron chi connectivity index (χ4n) is 3.17. The lowest BCUT2D eigenvalue weighted by molar-refractivity contribution is 0.0837. The molecule has 3 atom stereocenters. The van der Waals surface area contributed by atoms with Crippen molar-refractivity contribution in [1.29, 1.82) is 5.26 Å². The molecule has 1 aliphatic rings. The SMILES string of the molecule is CNC1CCCC(F)[C@@H](Oc2ccc(-c3ccc(C#N)cc3O)nn2)C1. The summed E-state index contributed by atoms with van der Waals surface area (Å²) in [7, 11) is 1.87. The lowest BCUT2D eigenvalue weighted by Gasteiger charge is -2.22. The number of rotatable bonds is 4. The van der Waals surface area contributed by atoms with Gasteiger partial charge in [-0.1, -0.05) is 0 Å². The second-order valence-electron chi connectivity index (χ2n) is 6.43. The van der Waals surface area contributed by atoms with E-state index >= 15 is 0 Å². The Bertz CT molecular complexity index is 791. The first-order chi connectivity index (χ1) is 12.6. The summed E-state index contributed by atoms with van der Waals surface area (Å²) in [5.74, 6) is 0.211.